The Morgan fingerprint density at radius 3 is 2.29 bits per heavy atom. The zero-order valence-electron chi connectivity index (χ0n) is 14.2. The molecule has 0 saturated carbocycles. The third-order valence-electron chi connectivity index (χ3n) is 3.58. The van der Waals surface area contributed by atoms with Gasteiger partial charge in [-0.3, -0.25) is 4.79 Å². The Hall–Kier alpha value is -2.53. The van der Waals surface area contributed by atoms with Gasteiger partial charge in [0, 0.05) is 6.54 Å². The lowest BCUT2D eigenvalue weighted by atomic mass is 9.97. The van der Waals surface area contributed by atoms with Crippen LogP contribution in [0.25, 0.3) is 0 Å². The Morgan fingerprint density at radius 1 is 1.08 bits per heavy atom. The van der Waals surface area contributed by atoms with Crippen molar-refractivity contribution in [1.29, 1.82) is 0 Å². The molecule has 2 aromatic carbocycles. The normalized spacial score (nSPS) is 11.0. The lowest BCUT2D eigenvalue weighted by molar-refractivity contribution is -0.123. The molecule has 2 rings (SSSR count). The lowest BCUT2D eigenvalue weighted by Gasteiger charge is -2.18. The van der Waals surface area contributed by atoms with Crippen LogP contribution in [0.3, 0.4) is 0 Å². The predicted molar refractivity (Wildman–Crippen MR) is 92.0 cm³/mol. The number of amides is 1. The predicted octanol–water partition coefficient (Wildman–Crippen LogP) is 2.62. The van der Waals surface area contributed by atoms with E-state index >= 15 is 0 Å². The molecule has 0 aliphatic rings. The Bertz CT molecular complexity index is 675. The monoisotopic (exact) mass is 329 g/mol. The fourth-order valence-corrected chi connectivity index (χ4v) is 2.16. The van der Waals surface area contributed by atoms with E-state index in [1.807, 2.05) is 36.4 Å². The molecule has 1 amide bonds. The highest BCUT2D eigenvalue weighted by molar-refractivity contribution is 5.77. The molecular weight excluding hydrogens is 306 g/mol. The molecule has 0 heterocycles. The van der Waals surface area contributed by atoms with Crippen LogP contribution in [0.5, 0.6) is 11.5 Å². The lowest BCUT2D eigenvalue weighted by Crippen LogP contribution is -2.28. The topological polar surface area (TPSA) is 67.8 Å². The summed E-state index contributed by atoms with van der Waals surface area (Å²) in [5, 5.41) is 12.7. The summed E-state index contributed by atoms with van der Waals surface area (Å²) in [6.07, 6.45) is 0. The molecular formula is C19H23NO4. The van der Waals surface area contributed by atoms with Crippen molar-refractivity contribution in [1.82, 2.24) is 5.32 Å². The van der Waals surface area contributed by atoms with Crippen molar-refractivity contribution >= 4 is 5.91 Å². The largest absolute Gasteiger partial charge is 0.493 e. The van der Waals surface area contributed by atoms with E-state index in [0.29, 0.717) is 18.0 Å². The number of rotatable bonds is 7. The third-order valence-corrected chi connectivity index (χ3v) is 3.58. The summed E-state index contributed by atoms with van der Waals surface area (Å²) < 4.78 is 10.6. The maximum atomic E-state index is 11.9. The van der Waals surface area contributed by atoms with Crippen LogP contribution in [-0.4, -0.2) is 24.7 Å². The molecule has 5 nitrogen and oxygen atoms in total. The van der Waals surface area contributed by atoms with Crippen LogP contribution in [0, 0.1) is 0 Å². The molecule has 0 radical (unpaired) electrons. The summed E-state index contributed by atoms with van der Waals surface area (Å²) in [6, 6.07) is 14.7. The van der Waals surface area contributed by atoms with Gasteiger partial charge in [-0.15, -0.1) is 0 Å². The van der Waals surface area contributed by atoms with Crippen molar-refractivity contribution in [3.05, 3.63) is 59.7 Å². The van der Waals surface area contributed by atoms with Crippen molar-refractivity contribution in [2.45, 2.75) is 26.0 Å². The average molecular weight is 329 g/mol. The van der Waals surface area contributed by atoms with Crippen LogP contribution >= 0.6 is 0 Å². The van der Waals surface area contributed by atoms with Gasteiger partial charge in [0.25, 0.3) is 5.91 Å². The van der Waals surface area contributed by atoms with Crippen LogP contribution in [-0.2, 0) is 16.9 Å². The standard InChI is InChI=1S/C19H23NO4/c1-19(2,22)15-10-8-14(9-11-15)12-20-18(21)13-24-17-7-5-4-6-16(17)23-3/h4-11,22H,12-13H2,1-3H3,(H,20,21). The minimum absolute atomic E-state index is 0.0812. The zero-order chi connectivity index (χ0) is 17.6. The summed E-state index contributed by atoms with van der Waals surface area (Å²) >= 11 is 0. The highest BCUT2D eigenvalue weighted by Crippen LogP contribution is 2.25. The van der Waals surface area contributed by atoms with E-state index < -0.39 is 5.60 Å². The molecule has 0 aromatic heterocycles. The van der Waals surface area contributed by atoms with Gasteiger partial charge < -0.3 is 19.9 Å². The van der Waals surface area contributed by atoms with Gasteiger partial charge in [0.05, 0.1) is 12.7 Å². The number of benzene rings is 2. The van der Waals surface area contributed by atoms with Crippen molar-refractivity contribution in [2.75, 3.05) is 13.7 Å². The Labute approximate surface area is 142 Å². The van der Waals surface area contributed by atoms with E-state index in [4.69, 9.17) is 9.47 Å². The van der Waals surface area contributed by atoms with Crippen LogP contribution in [0.15, 0.2) is 48.5 Å². The van der Waals surface area contributed by atoms with Crippen molar-refractivity contribution < 1.29 is 19.4 Å². The van der Waals surface area contributed by atoms with Crippen LogP contribution in [0.4, 0.5) is 0 Å². The number of carbonyl (C=O) groups is 1. The summed E-state index contributed by atoms with van der Waals surface area (Å²) in [5.41, 5.74) is 0.912. The van der Waals surface area contributed by atoms with E-state index in [2.05, 4.69) is 5.32 Å². The van der Waals surface area contributed by atoms with Gasteiger partial charge in [0.1, 0.15) is 0 Å². The van der Waals surface area contributed by atoms with Crippen molar-refractivity contribution in [2.24, 2.45) is 0 Å². The molecule has 0 aliphatic heterocycles. The number of nitrogens with one attached hydrogen (secondary N) is 1. The van der Waals surface area contributed by atoms with Crippen LogP contribution in [0.2, 0.25) is 0 Å². The van der Waals surface area contributed by atoms with Gasteiger partial charge in [-0.2, -0.15) is 0 Å². The SMILES string of the molecule is COc1ccccc1OCC(=O)NCc1ccc(C(C)(C)O)cc1. The maximum Gasteiger partial charge on any atom is 0.258 e. The first-order valence-electron chi connectivity index (χ1n) is 7.74. The highest BCUT2D eigenvalue weighted by atomic mass is 16.5. The molecule has 0 bridgehead atoms. The molecule has 2 aromatic rings. The maximum absolute atomic E-state index is 11.9. The molecule has 0 saturated heterocycles. The fourth-order valence-electron chi connectivity index (χ4n) is 2.16. The Morgan fingerprint density at radius 2 is 1.71 bits per heavy atom. The second-order valence-electron chi connectivity index (χ2n) is 5.97. The van der Waals surface area contributed by atoms with Gasteiger partial charge in [-0.1, -0.05) is 36.4 Å². The number of hydrogen-bond donors (Lipinski definition) is 2. The Balaban J connectivity index is 1.83. The quantitative estimate of drug-likeness (QED) is 0.819. The second-order valence-corrected chi connectivity index (χ2v) is 5.97. The van der Waals surface area contributed by atoms with E-state index in [1.54, 1.807) is 33.1 Å². The molecule has 128 valence electrons. The Kier molecular flexibility index (Phi) is 5.82. The first-order chi connectivity index (χ1) is 11.4. The fraction of sp³-hybridized carbons (Fsp3) is 0.316. The molecule has 0 atom stereocenters. The van der Waals surface area contributed by atoms with E-state index in [9.17, 15) is 9.90 Å². The summed E-state index contributed by atoms with van der Waals surface area (Å²) in [6.45, 7) is 3.79. The van der Waals surface area contributed by atoms with Crippen LogP contribution in [0.1, 0.15) is 25.0 Å². The first-order valence-corrected chi connectivity index (χ1v) is 7.74. The molecule has 24 heavy (non-hydrogen) atoms. The first kappa shape index (κ1) is 17.8. The van der Waals surface area contributed by atoms with Gasteiger partial charge in [-0.05, 0) is 37.1 Å². The molecule has 5 heteroatoms. The number of ether oxygens (including phenoxy) is 2. The second kappa shape index (κ2) is 7.84. The molecule has 2 N–H and O–H groups in total. The van der Waals surface area contributed by atoms with Gasteiger partial charge in [0.2, 0.25) is 0 Å². The number of para-hydroxylation sites is 2. The number of carbonyl (C=O) groups excluding carboxylic acids is 1. The average Bonchev–Trinajstić information content (AvgIpc) is 2.58. The summed E-state index contributed by atoms with van der Waals surface area (Å²) in [7, 11) is 1.56. The molecule has 0 aliphatic carbocycles. The van der Waals surface area contributed by atoms with Gasteiger partial charge in [-0.25, -0.2) is 0 Å². The zero-order valence-corrected chi connectivity index (χ0v) is 14.2. The smallest absolute Gasteiger partial charge is 0.258 e. The highest BCUT2D eigenvalue weighted by Gasteiger charge is 2.15. The number of methoxy groups -OCH3 is 1. The minimum Gasteiger partial charge on any atom is -0.493 e. The van der Waals surface area contributed by atoms with Crippen molar-refractivity contribution in [3.8, 4) is 11.5 Å². The van der Waals surface area contributed by atoms with Crippen LogP contribution < -0.4 is 14.8 Å². The summed E-state index contributed by atoms with van der Waals surface area (Å²) in [4.78, 5) is 11.9. The van der Waals surface area contributed by atoms with E-state index in [1.165, 1.54) is 0 Å². The van der Waals surface area contributed by atoms with Gasteiger partial charge in [0.15, 0.2) is 18.1 Å². The van der Waals surface area contributed by atoms with Crippen molar-refractivity contribution in [3.63, 3.8) is 0 Å². The number of aliphatic hydroxyl groups is 1. The molecule has 0 unspecified atom stereocenters. The third kappa shape index (κ3) is 4.99. The minimum atomic E-state index is -0.871. The molecule has 0 spiro atoms. The molecule has 0 fully saturated rings. The van der Waals surface area contributed by atoms with E-state index in [0.717, 1.165) is 11.1 Å². The van der Waals surface area contributed by atoms with Gasteiger partial charge >= 0.3 is 0 Å². The number of hydrogen-bond acceptors (Lipinski definition) is 4. The van der Waals surface area contributed by atoms with E-state index in [-0.39, 0.29) is 12.5 Å². The summed E-state index contributed by atoms with van der Waals surface area (Å²) in [5.74, 6) is 0.907.